The van der Waals surface area contributed by atoms with Gasteiger partial charge in [0.2, 0.25) is 0 Å². The van der Waals surface area contributed by atoms with Crippen molar-refractivity contribution >= 4 is 90.5 Å². The molecule has 4 aliphatic carbocycles. The van der Waals surface area contributed by atoms with Crippen molar-refractivity contribution in [3.63, 3.8) is 0 Å². The van der Waals surface area contributed by atoms with Gasteiger partial charge in [0.1, 0.15) is 72.0 Å². The second-order valence-corrected chi connectivity index (χ2v) is 21.9. The number of ketones is 4. The van der Waals surface area contributed by atoms with Crippen LogP contribution < -0.4 is 21.3 Å². The summed E-state index contributed by atoms with van der Waals surface area (Å²) in [6.45, 7) is 6.95. The van der Waals surface area contributed by atoms with E-state index in [1.807, 2.05) is 157 Å². The standard InChI is InChI=1S/C20H24NO4.C18H19NO3.C16H16N2O.C16H15NO2/c22-10-7-21(8-11-23,9-12-24)14-17-13-16-5-1-3-15-4-2-6-18(19(15)16)20(17)25;20-9-7-19(8-10-21)12-15-11-14-5-1-3-13-4-2-6-16(17(13)14)18(15)22;17-7-8-18-10-13-9-12-5-1-3-11-4-2-6-14(15(11)12)16(13)19;18-8-7-17-10-13-9-12-5-1-3-11-4-2-6-14(15(11)12)16(13)19/h1-6,13,22-24H,7-12,14H2;1-6,11,20-21H,7-10,12H2;1-6,9,18H,7-8,10,17H2;1-6,9,17-18H,7-8,10H2/q+1;;;/p+4. The van der Waals surface area contributed by atoms with Gasteiger partial charge < -0.3 is 56.4 Å². The number of rotatable bonds is 22. The topological polar surface area (TPSA) is 255 Å². The Labute approximate surface area is 494 Å². The molecule has 15 nitrogen and oxygen atoms in total. The Morgan fingerprint density at radius 2 is 0.694 bits per heavy atom. The number of quaternary nitrogens is 5. The van der Waals surface area contributed by atoms with Crippen LogP contribution in [0.15, 0.2) is 168 Å². The molecular formula is C70H78N5O10+5. The average molecular weight is 1150 g/mol. The Balaban J connectivity index is 0.000000136. The lowest BCUT2D eigenvalue weighted by atomic mass is 9.87. The van der Waals surface area contributed by atoms with E-state index in [0.29, 0.717) is 74.5 Å². The third-order valence-electron chi connectivity index (χ3n) is 16.3. The van der Waals surface area contributed by atoms with Gasteiger partial charge in [0, 0.05) is 43.8 Å². The van der Waals surface area contributed by atoms with Gasteiger partial charge in [-0.15, -0.1) is 0 Å². The molecule has 0 radical (unpaired) electrons. The van der Waals surface area contributed by atoms with Crippen LogP contribution in [0.1, 0.15) is 63.7 Å². The van der Waals surface area contributed by atoms with Crippen LogP contribution in [-0.4, -0.2) is 176 Å². The molecule has 0 atom stereocenters. The monoisotopic (exact) mass is 1150 g/mol. The summed E-state index contributed by atoms with van der Waals surface area (Å²) in [6.07, 6.45) is 7.88. The van der Waals surface area contributed by atoms with Crippen LogP contribution >= 0.6 is 0 Å². The molecule has 0 amide bonds. The largest absolute Gasteiger partial charge is 0.391 e. The molecule has 12 rings (SSSR count). The van der Waals surface area contributed by atoms with E-state index < -0.39 is 0 Å². The van der Waals surface area contributed by atoms with Gasteiger partial charge in [0.25, 0.3) is 0 Å². The van der Waals surface area contributed by atoms with Gasteiger partial charge in [-0.2, -0.15) is 0 Å². The van der Waals surface area contributed by atoms with Gasteiger partial charge in [-0.3, -0.25) is 19.2 Å². The van der Waals surface area contributed by atoms with E-state index in [1.54, 1.807) is 0 Å². The highest BCUT2D eigenvalue weighted by Crippen LogP contribution is 2.35. The Bertz CT molecular complexity index is 3740. The number of nitrogens with zero attached hydrogens (tertiary/aromatic N) is 1. The summed E-state index contributed by atoms with van der Waals surface area (Å²) in [4.78, 5) is 51.7. The molecule has 15 heteroatoms. The van der Waals surface area contributed by atoms with E-state index in [0.717, 1.165) is 123 Å². The summed E-state index contributed by atoms with van der Waals surface area (Å²) in [7, 11) is 0. The molecule has 0 heterocycles. The summed E-state index contributed by atoms with van der Waals surface area (Å²) < 4.78 is 0.291. The van der Waals surface area contributed by atoms with Gasteiger partial charge in [0.05, 0.1) is 68.5 Å². The van der Waals surface area contributed by atoms with Gasteiger partial charge in [-0.1, -0.05) is 146 Å². The molecule has 14 N–H and O–H groups in total. The fraction of sp³-hybridized carbons (Fsp3) is 0.257. The number of aliphatic hydroxyl groups is 6. The van der Waals surface area contributed by atoms with E-state index in [-0.39, 0.29) is 62.8 Å². The van der Waals surface area contributed by atoms with Gasteiger partial charge in [-0.05, 0) is 68.1 Å². The Kier molecular flexibility index (Phi) is 21.1. The summed E-state index contributed by atoms with van der Waals surface area (Å²) in [5.74, 6) is 0.321. The molecule has 85 heavy (non-hydrogen) atoms. The van der Waals surface area contributed by atoms with Crippen molar-refractivity contribution in [3.8, 4) is 0 Å². The lowest BCUT2D eigenvalue weighted by Crippen LogP contribution is -3.13. The van der Waals surface area contributed by atoms with Crippen LogP contribution in [0.3, 0.4) is 0 Å². The number of nitrogens with one attached hydrogen (secondary N) is 1. The third kappa shape index (κ3) is 13.9. The van der Waals surface area contributed by atoms with Crippen molar-refractivity contribution in [1.82, 2.24) is 0 Å². The maximum atomic E-state index is 13.0. The molecule has 438 valence electrons. The van der Waals surface area contributed by atoms with Crippen molar-refractivity contribution < 1.29 is 75.6 Å². The minimum Gasteiger partial charge on any atom is -0.391 e. The maximum absolute atomic E-state index is 13.0. The SMILES string of the molecule is O=C1C(C[N+](CCO)(CCO)CCO)=Cc2cccc3cccc1c23.O=C1C(C[NH+](CCO)CCO)=Cc2cccc3cccc1c23.O=C1C(C[NH2+]CCO)=Cc2cccc3cccc1c23.[NH3+]CC[NH2+]CC1=Cc2cccc3cccc(c23)C1=O. The molecule has 0 aliphatic heterocycles. The highest BCUT2D eigenvalue weighted by Gasteiger charge is 2.33. The normalized spacial score (nSPS) is 13.8. The lowest BCUT2D eigenvalue weighted by molar-refractivity contribution is -0.924. The smallest absolute Gasteiger partial charge is 0.195 e. The number of benzene rings is 8. The molecule has 8 aromatic rings. The predicted molar refractivity (Wildman–Crippen MR) is 334 cm³/mol. The Hall–Kier alpha value is -8.00. The molecule has 0 saturated heterocycles. The van der Waals surface area contributed by atoms with Gasteiger partial charge in [-0.25, -0.2) is 0 Å². The van der Waals surface area contributed by atoms with Crippen LogP contribution in [0, 0.1) is 0 Å². The summed E-state index contributed by atoms with van der Waals surface area (Å²) in [5.41, 5.74) is 14.3. The number of hydrogen-bond acceptors (Lipinski definition) is 10. The van der Waals surface area contributed by atoms with Gasteiger partial charge >= 0.3 is 0 Å². The third-order valence-corrected chi connectivity index (χ3v) is 16.3. The van der Waals surface area contributed by atoms with E-state index in [4.69, 9.17) is 15.3 Å². The van der Waals surface area contributed by atoms with Crippen molar-refractivity contribution in [2.75, 3.05) is 118 Å². The molecule has 0 unspecified atom stereocenters. The van der Waals surface area contributed by atoms with Crippen LogP contribution in [0.5, 0.6) is 0 Å². The van der Waals surface area contributed by atoms with Crippen molar-refractivity contribution in [2.45, 2.75) is 0 Å². The first-order valence-electron chi connectivity index (χ1n) is 29.3. The summed E-state index contributed by atoms with van der Waals surface area (Å²) in [6, 6.07) is 47.6. The van der Waals surface area contributed by atoms with Crippen LogP contribution in [0.2, 0.25) is 0 Å². The molecule has 8 aromatic carbocycles. The Morgan fingerprint density at radius 3 is 1.04 bits per heavy atom. The molecule has 0 spiro atoms. The second kappa shape index (κ2) is 29.2. The van der Waals surface area contributed by atoms with Crippen molar-refractivity contribution in [3.05, 3.63) is 212 Å². The van der Waals surface area contributed by atoms with E-state index in [2.05, 4.69) is 29.2 Å². The molecular weight excluding hydrogens is 1070 g/mol. The number of Topliss-reactive ketones (excluding diaryl/α,β-unsaturated/α-hetero) is 4. The van der Waals surface area contributed by atoms with E-state index >= 15 is 0 Å². The second-order valence-electron chi connectivity index (χ2n) is 21.9. The highest BCUT2D eigenvalue weighted by molar-refractivity contribution is 6.25. The summed E-state index contributed by atoms with van der Waals surface area (Å²) in [5, 5.41) is 68.0. The fourth-order valence-electron chi connectivity index (χ4n) is 12.2. The van der Waals surface area contributed by atoms with E-state index in [9.17, 15) is 34.5 Å². The minimum atomic E-state index is -0.0619. The maximum Gasteiger partial charge on any atom is 0.195 e. The zero-order chi connectivity index (χ0) is 59.9. The van der Waals surface area contributed by atoms with Crippen molar-refractivity contribution in [1.29, 1.82) is 0 Å². The Morgan fingerprint density at radius 1 is 0.376 bits per heavy atom. The quantitative estimate of drug-likeness (QED) is 0.0351. The first kappa shape index (κ1) is 61.6. The first-order chi connectivity index (χ1) is 41.5. The molecule has 0 bridgehead atoms. The minimum absolute atomic E-state index is 0.0133. The first-order valence-corrected chi connectivity index (χ1v) is 29.3. The molecule has 4 aliphatic rings. The predicted octanol–water partition coefficient (Wildman–Crippen LogP) is 2.70. The zero-order valence-electron chi connectivity index (χ0n) is 48.0. The average Bonchev–Trinajstić information content (AvgIpc) is 1.80. The molecule has 0 saturated carbocycles. The van der Waals surface area contributed by atoms with Crippen LogP contribution in [0.25, 0.3) is 67.4 Å². The molecule has 0 aromatic heterocycles. The lowest BCUT2D eigenvalue weighted by Gasteiger charge is -2.38. The van der Waals surface area contributed by atoms with Crippen LogP contribution in [0.4, 0.5) is 0 Å². The van der Waals surface area contributed by atoms with E-state index in [1.165, 1.54) is 0 Å². The number of hydrogen-bond donors (Lipinski definition) is 10. The number of nitrogens with two attached hydrogens (primary N) is 2. The zero-order valence-corrected chi connectivity index (χ0v) is 48.0. The molecule has 0 fully saturated rings. The number of aliphatic hydroxyl groups excluding tert-OH is 6. The fourth-order valence-corrected chi connectivity index (χ4v) is 12.2. The number of carbonyl (C=O) groups is 4. The van der Waals surface area contributed by atoms with Gasteiger partial charge in [0.15, 0.2) is 23.1 Å². The number of carbonyl (C=O) groups excluding carboxylic acids is 4. The highest BCUT2D eigenvalue weighted by atomic mass is 16.3. The van der Waals surface area contributed by atoms with Crippen molar-refractivity contribution in [2.24, 2.45) is 0 Å². The summed E-state index contributed by atoms with van der Waals surface area (Å²) >= 11 is 0. The van der Waals surface area contributed by atoms with Crippen LogP contribution in [-0.2, 0) is 0 Å².